The molecule has 1 aromatic carbocycles. The average molecular weight is 449 g/mol. The number of nitrogens with zero attached hydrogens (tertiary/aromatic N) is 4. The van der Waals surface area contributed by atoms with Gasteiger partial charge in [-0.25, -0.2) is 8.42 Å². The summed E-state index contributed by atoms with van der Waals surface area (Å²) in [6.07, 6.45) is -4.22. The molecule has 0 saturated carbocycles. The lowest BCUT2D eigenvalue weighted by Gasteiger charge is -2.35. The number of sulfonamides is 1. The van der Waals surface area contributed by atoms with Gasteiger partial charge >= 0.3 is 6.18 Å². The van der Waals surface area contributed by atoms with Gasteiger partial charge in [-0.2, -0.15) is 17.5 Å². The van der Waals surface area contributed by atoms with E-state index in [1.807, 2.05) is 0 Å². The average Bonchev–Trinajstić information content (AvgIpc) is 3.17. The van der Waals surface area contributed by atoms with E-state index in [9.17, 15) is 26.4 Å². The molecule has 13 heteroatoms. The van der Waals surface area contributed by atoms with Crippen LogP contribution in [0.15, 0.2) is 28.6 Å². The molecule has 0 spiro atoms. The van der Waals surface area contributed by atoms with Gasteiger partial charge in [0.2, 0.25) is 15.4 Å². The number of nitrogens with one attached hydrogen (secondary N) is 1. The molecule has 0 aliphatic carbocycles. The van der Waals surface area contributed by atoms with E-state index in [-0.39, 0.29) is 48.0 Å². The number of aromatic nitrogens is 2. The lowest BCUT2D eigenvalue weighted by molar-refractivity contribution is -0.137. The van der Waals surface area contributed by atoms with Gasteiger partial charge in [0, 0.05) is 38.3 Å². The van der Waals surface area contributed by atoms with E-state index >= 15 is 0 Å². The minimum absolute atomic E-state index is 0.0921. The number of carbonyl (C=O) groups is 1. The lowest BCUT2D eigenvalue weighted by Crippen LogP contribution is -2.48. The van der Waals surface area contributed by atoms with Gasteiger partial charge < -0.3 is 10.2 Å². The summed E-state index contributed by atoms with van der Waals surface area (Å²) in [6, 6.07) is 4.94. The Kier molecular flexibility index (Phi) is 6.10. The Morgan fingerprint density at radius 2 is 1.90 bits per heavy atom. The van der Waals surface area contributed by atoms with E-state index in [1.54, 1.807) is 17.9 Å². The van der Waals surface area contributed by atoms with E-state index in [1.165, 1.54) is 10.4 Å². The number of carbonyl (C=O) groups excluding carboxylic acids is 1. The predicted octanol–water partition coefficient (Wildman–Crippen LogP) is 2.42. The molecule has 0 atom stereocenters. The summed E-state index contributed by atoms with van der Waals surface area (Å²) >= 11 is 0.757. The van der Waals surface area contributed by atoms with Crippen molar-refractivity contribution < 1.29 is 26.4 Å². The Hall–Kier alpha value is -2.25. The molecule has 0 bridgehead atoms. The van der Waals surface area contributed by atoms with Gasteiger partial charge in [0.25, 0.3) is 10.0 Å². The first-order valence-electron chi connectivity index (χ1n) is 8.67. The monoisotopic (exact) mass is 449 g/mol. The van der Waals surface area contributed by atoms with Gasteiger partial charge in [0.1, 0.15) is 0 Å². The third-order valence-corrected chi connectivity index (χ3v) is 7.39. The number of hydrogen-bond donors (Lipinski definition) is 1. The van der Waals surface area contributed by atoms with Gasteiger partial charge in [0.05, 0.1) is 5.56 Å². The Morgan fingerprint density at radius 1 is 1.21 bits per heavy atom. The molecule has 1 aromatic heterocycles. The van der Waals surface area contributed by atoms with Crippen molar-refractivity contribution in [2.24, 2.45) is 0 Å². The van der Waals surface area contributed by atoms with Crippen molar-refractivity contribution in [3.05, 3.63) is 29.8 Å². The second kappa shape index (κ2) is 8.24. The van der Waals surface area contributed by atoms with E-state index in [4.69, 9.17) is 0 Å². The number of anilines is 2. The Morgan fingerprint density at radius 3 is 2.52 bits per heavy atom. The highest BCUT2D eigenvalue weighted by Gasteiger charge is 2.33. The van der Waals surface area contributed by atoms with Gasteiger partial charge in [0.15, 0.2) is 0 Å². The summed E-state index contributed by atoms with van der Waals surface area (Å²) in [5.41, 5.74) is -0.363. The normalized spacial score (nSPS) is 16.1. The minimum atomic E-state index is -4.44. The standard InChI is InChI=1S/C16H18F3N5O3S2/c1-2-13(25)20-14-21-22-15(28-14)29(26,27)24-8-6-23(7-9-24)12-5-3-4-11(10-12)16(17,18)19/h3-5,10H,2,6-9H2,1H3,(H,20,21,25). The molecule has 3 rings (SSSR count). The van der Waals surface area contributed by atoms with E-state index in [2.05, 4.69) is 15.5 Å². The van der Waals surface area contributed by atoms with Gasteiger partial charge in [-0.3, -0.25) is 4.79 Å². The summed E-state index contributed by atoms with van der Waals surface area (Å²) in [5.74, 6) is -0.306. The van der Waals surface area contributed by atoms with E-state index in [0.717, 1.165) is 23.5 Å². The van der Waals surface area contributed by atoms with Crippen LogP contribution in [0.25, 0.3) is 0 Å². The first-order chi connectivity index (χ1) is 13.6. The van der Waals surface area contributed by atoms with Crippen LogP contribution in [0.4, 0.5) is 24.0 Å². The molecule has 2 heterocycles. The topological polar surface area (TPSA) is 95.5 Å². The number of benzene rings is 1. The molecule has 1 amide bonds. The molecule has 8 nitrogen and oxygen atoms in total. The van der Waals surface area contributed by atoms with Crippen LogP contribution in [0.1, 0.15) is 18.9 Å². The summed E-state index contributed by atoms with van der Waals surface area (Å²) < 4.78 is 65.2. The molecule has 29 heavy (non-hydrogen) atoms. The van der Waals surface area contributed by atoms with Gasteiger partial charge in [-0.05, 0) is 18.2 Å². The van der Waals surface area contributed by atoms with Crippen molar-refractivity contribution in [1.29, 1.82) is 0 Å². The number of amides is 1. The smallest absolute Gasteiger partial charge is 0.369 e. The van der Waals surface area contributed by atoms with Crippen LogP contribution in [0, 0.1) is 0 Å². The molecule has 1 fully saturated rings. The van der Waals surface area contributed by atoms with Crippen LogP contribution in [0.3, 0.4) is 0 Å². The largest absolute Gasteiger partial charge is 0.416 e. The number of hydrogen-bond acceptors (Lipinski definition) is 7. The molecule has 2 aromatic rings. The highest BCUT2D eigenvalue weighted by atomic mass is 32.2. The second-order valence-electron chi connectivity index (χ2n) is 6.21. The quantitative estimate of drug-likeness (QED) is 0.705. The molecule has 1 saturated heterocycles. The molecule has 1 aliphatic rings. The SMILES string of the molecule is CCC(=O)Nc1nnc(S(=O)(=O)N2CCN(c3cccc(C(F)(F)F)c3)CC2)s1. The van der Waals surface area contributed by atoms with Crippen LogP contribution in [-0.4, -0.2) is 55.0 Å². The number of halogens is 3. The number of piperazine rings is 1. The number of rotatable bonds is 5. The minimum Gasteiger partial charge on any atom is -0.369 e. The molecule has 0 unspecified atom stereocenters. The van der Waals surface area contributed by atoms with Crippen LogP contribution >= 0.6 is 11.3 Å². The van der Waals surface area contributed by atoms with Crippen LogP contribution in [0.2, 0.25) is 0 Å². The van der Waals surface area contributed by atoms with Crippen molar-refractivity contribution in [2.75, 3.05) is 36.4 Å². The Bertz CT molecular complexity index is 986. The Labute approximate surface area is 169 Å². The fourth-order valence-electron chi connectivity index (χ4n) is 2.75. The number of alkyl halides is 3. The third kappa shape index (κ3) is 4.85. The van der Waals surface area contributed by atoms with Crippen molar-refractivity contribution >= 4 is 38.1 Å². The third-order valence-electron chi connectivity index (χ3n) is 4.31. The highest BCUT2D eigenvalue weighted by Crippen LogP contribution is 2.32. The molecular weight excluding hydrogens is 431 g/mol. The molecule has 1 N–H and O–H groups in total. The maximum absolute atomic E-state index is 12.9. The van der Waals surface area contributed by atoms with Crippen LogP contribution in [0.5, 0.6) is 0 Å². The first-order valence-corrected chi connectivity index (χ1v) is 10.9. The first kappa shape index (κ1) is 21.5. The van der Waals surface area contributed by atoms with Crippen molar-refractivity contribution in [3.63, 3.8) is 0 Å². The lowest BCUT2D eigenvalue weighted by atomic mass is 10.1. The van der Waals surface area contributed by atoms with Crippen LogP contribution in [-0.2, 0) is 21.0 Å². The van der Waals surface area contributed by atoms with Crippen molar-refractivity contribution in [2.45, 2.75) is 23.9 Å². The fourth-order valence-corrected chi connectivity index (χ4v) is 5.22. The second-order valence-corrected chi connectivity index (χ2v) is 9.30. The highest BCUT2D eigenvalue weighted by molar-refractivity contribution is 7.91. The van der Waals surface area contributed by atoms with Gasteiger partial charge in [-0.1, -0.05) is 24.3 Å². The maximum atomic E-state index is 12.9. The van der Waals surface area contributed by atoms with E-state index < -0.39 is 21.8 Å². The summed E-state index contributed by atoms with van der Waals surface area (Å²) in [5, 5.41) is 9.88. The van der Waals surface area contributed by atoms with Gasteiger partial charge in [-0.15, -0.1) is 10.2 Å². The zero-order valence-electron chi connectivity index (χ0n) is 15.3. The molecule has 0 radical (unpaired) electrons. The summed E-state index contributed by atoms with van der Waals surface area (Å²) in [4.78, 5) is 13.1. The zero-order valence-corrected chi connectivity index (χ0v) is 16.9. The van der Waals surface area contributed by atoms with Crippen LogP contribution < -0.4 is 10.2 Å². The fraction of sp³-hybridized carbons (Fsp3) is 0.438. The molecule has 1 aliphatic heterocycles. The van der Waals surface area contributed by atoms with Crippen molar-refractivity contribution in [3.8, 4) is 0 Å². The Balaban J connectivity index is 1.68. The zero-order chi connectivity index (χ0) is 21.2. The molecular formula is C16H18F3N5O3S2. The summed E-state index contributed by atoms with van der Waals surface area (Å²) in [7, 11) is -3.90. The maximum Gasteiger partial charge on any atom is 0.416 e. The predicted molar refractivity (Wildman–Crippen MR) is 101 cm³/mol. The molecule has 158 valence electrons. The summed E-state index contributed by atoms with van der Waals surface area (Å²) in [6.45, 7) is 2.30. The van der Waals surface area contributed by atoms with E-state index in [0.29, 0.717) is 5.69 Å². The van der Waals surface area contributed by atoms with Crippen molar-refractivity contribution in [1.82, 2.24) is 14.5 Å².